The Labute approximate surface area is 78.6 Å². The molecule has 2 N–H and O–H groups in total. The van der Waals surface area contributed by atoms with E-state index in [1.54, 1.807) is 5.01 Å². The first-order chi connectivity index (χ1) is 6.36. The highest BCUT2D eigenvalue weighted by Crippen LogP contribution is 2.14. The lowest BCUT2D eigenvalue weighted by Crippen LogP contribution is -2.41. The molecular formula is C9H17N3O. The van der Waals surface area contributed by atoms with Crippen LogP contribution in [0.25, 0.3) is 0 Å². The normalized spacial score (nSPS) is 25.5. The number of carbonyl (C=O) groups excluding carboxylic acids is 1. The van der Waals surface area contributed by atoms with Crippen LogP contribution in [-0.4, -0.2) is 37.1 Å². The molecule has 0 bridgehead atoms. The van der Waals surface area contributed by atoms with Gasteiger partial charge < -0.3 is 5.32 Å². The zero-order chi connectivity index (χ0) is 9.10. The van der Waals surface area contributed by atoms with E-state index in [-0.39, 0.29) is 5.91 Å². The molecule has 0 saturated carbocycles. The summed E-state index contributed by atoms with van der Waals surface area (Å²) in [5, 5.41) is 5.13. The predicted molar refractivity (Wildman–Crippen MR) is 49.9 cm³/mol. The fourth-order valence-corrected chi connectivity index (χ4v) is 2.01. The number of hydrazine groups is 1. The molecule has 2 rings (SSSR count). The molecule has 2 saturated heterocycles. The lowest BCUT2D eigenvalue weighted by atomic mass is 9.98. The summed E-state index contributed by atoms with van der Waals surface area (Å²) >= 11 is 0. The first-order valence-corrected chi connectivity index (χ1v) is 5.11. The highest BCUT2D eigenvalue weighted by atomic mass is 16.2. The highest BCUT2D eigenvalue weighted by Gasteiger charge is 2.23. The molecule has 0 spiro atoms. The van der Waals surface area contributed by atoms with Crippen molar-refractivity contribution in [1.29, 1.82) is 0 Å². The van der Waals surface area contributed by atoms with Gasteiger partial charge in [-0.2, -0.15) is 0 Å². The number of hydrogen-bond donors (Lipinski definition) is 2. The smallest absolute Gasteiger partial charge is 0.238 e. The molecule has 0 aromatic heterocycles. The third-order valence-corrected chi connectivity index (χ3v) is 2.84. The Morgan fingerprint density at radius 1 is 1.31 bits per heavy atom. The van der Waals surface area contributed by atoms with Gasteiger partial charge in [0.05, 0.1) is 0 Å². The van der Waals surface area contributed by atoms with Gasteiger partial charge in [0.25, 0.3) is 0 Å². The van der Waals surface area contributed by atoms with Crippen LogP contribution in [0, 0.1) is 5.92 Å². The Balaban J connectivity index is 1.79. The molecular weight excluding hydrogens is 166 g/mol. The summed E-state index contributed by atoms with van der Waals surface area (Å²) in [6, 6.07) is 0. The van der Waals surface area contributed by atoms with E-state index in [9.17, 15) is 4.79 Å². The minimum absolute atomic E-state index is 0.263. The second-order valence-electron chi connectivity index (χ2n) is 3.86. The molecule has 2 aliphatic heterocycles. The maximum absolute atomic E-state index is 11.3. The van der Waals surface area contributed by atoms with Crippen LogP contribution in [0.1, 0.15) is 19.3 Å². The van der Waals surface area contributed by atoms with Crippen molar-refractivity contribution in [3.63, 3.8) is 0 Å². The standard InChI is InChI=1S/C9H17N3O/c13-9-3-6-11-12(9)7-8-1-4-10-5-2-8/h8,10-11H,1-7H2. The third kappa shape index (κ3) is 2.19. The summed E-state index contributed by atoms with van der Waals surface area (Å²) in [4.78, 5) is 11.3. The Bertz CT molecular complexity index is 189. The maximum Gasteiger partial charge on any atom is 0.238 e. The van der Waals surface area contributed by atoms with E-state index in [0.717, 1.165) is 26.2 Å². The molecule has 4 heteroatoms. The average Bonchev–Trinajstić information content (AvgIpc) is 2.54. The van der Waals surface area contributed by atoms with Gasteiger partial charge in [0.15, 0.2) is 0 Å². The molecule has 2 fully saturated rings. The average molecular weight is 183 g/mol. The molecule has 0 radical (unpaired) electrons. The summed E-state index contributed by atoms with van der Waals surface area (Å²) < 4.78 is 0. The summed E-state index contributed by atoms with van der Waals surface area (Å²) in [5.74, 6) is 0.953. The zero-order valence-electron chi connectivity index (χ0n) is 7.88. The van der Waals surface area contributed by atoms with Crippen molar-refractivity contribution in [3.05, 3.63) is 0 Å². The van der Waals surface area contributed by atoms with Gasteiger partial charge in [0.2, 0.25) is 5.91 Å². The number of amides is 1. The van der Waals surface area contributed by atoms with Gasteiger partial charge in [-0.15, -0.1) is 0 Å². The van der Waals surface area contributed by atoms with Crippen LogP contribution >= 0.6 is 0 Å². The van der Waals surface area contributed by atoms with Gasteiger partial charge >= 0.3 is 0 Å². The van der Waals surface area contributed by atoms with E-state index in [1.165, 1.54) is 12.8 Å². The van der Waals surface area contributed by atoms with Crippen molar-refractivity contribution < 1.29 is 4.79 Å². The van der Waals surface area contributed by atoms with Crippen LogP contribution < -0.4 is 10.7 Å². The molecule has 2 heterocycles. The van der Waals surface area contributed by atoms with Gasteiger partial charge in [-0.05, 0) is 31.8 Å². The lowest BCUT2D eigenvalue weighted by molar-refractivity contribution is -0.130. The molecule has 74 valence electrons. The van der Waals surface area contributed by atoms with E-state index < -0.39 is 0 Å². The Morgan fingerprint density at radius 2 is 2.08 bits per heavy atom. The number of nitrogens with one attached hydrogen (secondary N) is 2. The number of piperidine rings is 1. The van der Waals surface area contributed by atoms with Gasteiger partial charge in [-0.1, -0.05) is 0 Å². The number of carbonyl (C=O) groups is 1. The van der Waals surface area contributed by atoms with Crippen molar-refractivity contribution in [2.24, 2.45) is 5.92 Å². The molecule has 13 heavy (non-hydrogen) atoms. The molecule has 0 aliphatic carbocycles. The van der Waals surface area contributed by atoms with Crippen LogP contribution in [0.5, 0.6) is 0 Å². The molecule has 2 aliphatic rings. The predicted octanol–water partition coefficient (Wildman–Crippen LogP) is -0.277. The van der Waals surface area contributed by atoms with Crippen molar-refractivity contribution >= 4 is 5.91 Å². The fourth-order valence-electron chi connectivity index (χ4n) is 2.01. The summed E-state index contributed by atoms with van der Waals surface area (Å²) in [6.45, 7) is 3.93. The molecule has 4 nitrogen and oxygen atoms in total. The van der Waals surface area contributed by atoms with E-state index in [4.69, 9.17) is 0 Å². The van der Waals surface area contributed by atoms with E-state index >= 15 is 0 Å². The summed E-state index contributed by atoms with van der Waals surface area (Å²) in [6.07, 6.45) is 3.07. The second kappa shape index (κ2) is 4.07. The topological polar surface area (TPSA) is 44.4 Å². The minimum atomic E-state index is 0.263. The molecule has 0 aromatic carbocycles. The first-order valence-electron chi connectivity index (χ1n) is 5.11. The number of rotatable bonds is 2. The van der Waals surface area contributed by atoms with Crippen molar-refractivity contribution in [1.82, 2.24) is 15.8 Å². The molecule has 0 unspecified atom stereocenters. The highest BCUT2D eigenvalue weighted by molar-refractivity contribution is 5.77. The molecule has 0 aromatic rings. The first kappa shape index (κ1) is 8.97. The van der Waals surface area contributed by atoms with Gasteiger partial charge in [-0.3, -0.25) is 9.80 Å². The lowest BCUT2D eigenvalue weighted by Gasteiger charge is -2.27. The van der Waals surface area contributed by atoms with Crippen LogP contribution in [0.2, 0.25) is 0 Å². The van der Waals surface area contributed by atoms with Crippen LogP contribution in [-0.2, 0) is 4.79 Å². The number of nitrogens with zero attached hydrogens (tertiary/aromatic N) is 1. The number of hydrogen-bond acceptors (Lipinski definition) is 3. The Morgan fingerprint density at radius 3 is 2.69 bits per heavy atom. The van der Waals surface area contributed by atoms with Gasteiger partial charge in [0.1, 0.15) is 0 Å². The van der Waals surface area contributed by atoms with Crippen LogP contribution in [0.15, 0.2) is 0 Å². The zero-order valence-corrected chi connectivity index (χ0v) is 7.88. The van der Waals surface area contributed by atoms with Crippen molar-refractivity contribution in [2.75, 3.05) is 26.2 Å². The summed E-state index contributed by atoms with van der Waals surface area (Å²) in [7, 11) is 0. The van der Waals surface area contributed by atoms with Gasteiger partial charge in [-0.25, -0.2) is 5.43 Å². The van der Waals surface area contributed by atoms with Crippen LogP contribution in [0.3, 0.4) is 0 Å². The van der Waals surface area contributed by atoms with E-state index in [2.05, 4.69) is 10.7 Å². The van der Waals surface area contributed by atoms with Crippen molar-refractivity contribution in [2.45, 2.75) is 19.3 Å². The SMILES string of the molecule is O=C1CCNN1CC1CCNCC1. The quantitative estimate of drug-likeness (QED) is 0.619. The van der Waals surface area contributed by atoms with E-state index in [1.807, 2.05) is 0 Å². The molecule has 0 atom stereocenters. The van der Waals surface area contributed by atoms with Gasteiger partial charge in [0, 0.05) is 19.5 Å². The fraction of sp³-hybridized carbons (Fsp3) is 0.889. The van der Waals surface area contributed by atoms with Crippen LogP contribution in [0.4, 0.5) is 0 Å². The molecule has 1 amide bonds. The Kier molecular flexibility index (Phi) is 2.80. The third-order valence-electron chi connectivity index (χ3n) is 2.84. The maximum atomic E-state index is 11.3. The monoisotopic (exact) mass is 183 g/mol. The largest absolute Gasteiger partial charge is 0.317 e. The van der Waals surface area contributed by atoms with E-state index in [0.29, 0.717) is 12.3 Å². The summed E-state index contributed by atoms with van der Waals surface area (Å²) in [5.41, 5.74) is 3.12. The minimum Gasteiger partial charge on any atom is -0.317 e. The second-order valence-corrected chi connectivity index (χ2v) is 3.86. The van der Waals surface area contributed by atoms with Crippen molar-refractivity contribution in [3.8, 4) is 0 Å². The Hall–Kier alpha value is -0.610.